The molecule has 8 heteroatoms. The maximum absolute atomic E-state index is 14.8. The zero-order valence-corrected chi connectivity index (χ0v) is 18.6. The van der Waals surface area contributed by atoms with Gasteiger partial charge in [0.25, 0.3) is 11.7 Å². The largest absolute Gasteiger partial charge is 0.507 e. The van der Waals surface area contributed by atoms with Gasteiger partial charge in [0, 0.05) is 6.07 Å². The highest BCUT2D eigenvalue weighted by atomic mass is 19.1. The molecule has 0 spiro atoms. The van der Waals surface area contributed by atoms with E-state index in [2.05, 4.69) is 0 Å². The summed E-state index contributed by atoms with van der Waals surface area (Å²) < 4.78 is 38.9. The predicted molar refractivity (Wildman–Crippen MR) is 122 cm³/mol. The number of amides is 1. The highest BCUT2D eigenvalue weighted by Gasteiger charge is 2.48. The zero-order chi connectivity index (χ0) is 24.6. The lowest BCUT2D eigenvalue weighted by molar-refractivity contribution is -0.132. The van der Waals surface area contributed by atoms with Crippen LogP contribution < -0.4 is 14.4 Å². The minimum Gasteiger partial charge on any atom is -0.507 e. The summed E-state index contributed by atoms with van der Waals surface area (Å²) >= 11 is 0. The van der Waals surface area contributed by atoms with E-state index in [1.807, 2.05) is 13.0 Å². The molecule has 3 aromatic rings. The van der Waals surface area contributed by atoms with Crippen molar-refractivity contribution in [2.75, 3.05) is 19.1 Å². The molecule has 0 aliphatic carbocycles. The van der Waals surface area contributed by atoms with Gasteiger partial charge in [0.15, 0.2) is 0 Å². The number of Topliss-reactive ketones (excluding diaryl/α,β-unsaturated/α-hetero) is 1. The number of halogens is 2. The first-order valence-corrected chi connectivity index (χ1v) is 10.3. The van der Waals surface area contributed by atoms with E-state index in [1.54, 1.807) is 30.3 Å². The molecule has 174 valence electrons. The van der Waals surface area contributed by atoms with Crippen LogP contribution >= 0.6 is 0 Å². The lowest BCUT2D eigenvalue weighted by Gasteiger charge is -2.26. The van der Waals surface area contributed by atoms with Gasteiger partial charge in [0.05, 0.1) is 37.1 Å². The number of ketones is 1. The van der Waals surface area contributed by atoms with E-state index in [4.69, 9.17) is 9.47 Å². The van der Waals surface area contributed by atoms with Crippen molar-refractivity contribution in [3.8, 4) is 11.5 Å². The number of carbonyl (C=O) groups excluding carboxylic acids is 2. The van der Waals surface area contributed by atoms with Gasteiger partial charge in [0.1, 0.15) is 28.9 Å². The van der Waals surface area contributed by atoms with Gasteiger partial charge in [-0.15, -0.1) is 0 Å². The number of carbonyl (C=O) groups is 2. The Morgan fingerprint density at radius 2 is 1.74 bits per heavy atom. The summed E-state index contributed by atoms with van der Waals surface area (Å²) in [4.78, 5) is 27.3. The second-order valence-electron chi connectivity index (χ2n) is 7.75. The number of aliphatic hydroxyl groups excluding tert-OH is 1. The molecule has 1 amide bonds. The molecule has 6 nitrogen and oxygen atoms in total. The van der Waals surface area contributed by atoms with Gasteiger partial charge in [-0.3, -0.25) is 14.5 Å². The first kappa shape index (κ1) is 23.0. The van der Waals surface area contributed by atoms with Crippen LogP contribution in [0.3, 0.4) is 0 Å². The summed E-state index contributed by atoms with van der Waals surface area (Å²) in [6, 6.07) is 13.1. The Morgan fingerprint density at radius 1 is 0.971 bits per heavy atom. The van der Waals surface area contributed by atoms with Gasteiger partial charge in [0.2, 0.25) is 0 Å². The fraction of sp³-hybridized carbons (Fsp3) is 0.154. The Morgan fingerprint density at radius 3 is 2.38 bits per heavy atom. The van der Waals surface area contributed by atoms with E-state index in [0.29, 0.717) is 17.4 Å². The van der Waals surface area contributed by atoms with Crippen molar-refractivity contribution in [2.45, 2.75) is 13.0 Å². The second kappa shape index (κ2) is 8.97. The van der Waals surface area contributed by atoms with Crippen LogP contribution in [-0.4, -0.2) is 31.0 Å². The number of methoxy groups -OCH3 is 2. The Kier molecular flexibility index (Phi) is 6.06. The maximum Gasteiger partial charge on any atom is 0.300 e. The molecule has 1 aliphatic rings. The van der Waals surface area contributed by atoms with E-state index >= 15 is 0 Å². The third-order valence-electron chi connectivity index (χ3n) is 5.63. The number of hydrogen-bond acceptors (Lipinski definition) is 5. The Bertz CT molecular complexity index is 1330. The summed E-state index contributed by atoms with van der Waals surface area (Å²) in [5.74, 6) is -3.80. The van der Waals surface area contributed by atoms with E-state index < -0.39 is 35.1 Å². The lowest BCUT2D eigenvalue weighted by atomic mass is 9.94. The summed E-state index contributed by atoms with van der Waals surface area (Å²) in [6.07, 6.45) is 0. The SMILES string of the molecule is COc1ccc(OC)c(/C(O)=C2\C(=O)C(=O)N(c3ccc(F)cc3F)C2c2cccc(C)c2)c1. The number of aliphatic hydroxyl groups is 1. The van der Waals surface area contributed by atoms with Crippen LogP contribution in [0.1, 0.15) is 22.7 Å². The number of rotatable bonds is 5. The maximum atomic E-state index is 14.8. The summed E-state index contributed by atoms with van der Waals surface area (Å²) in [7, 11) is 2.83. The topological polar surface area (TPSA) is 76.1 Å². The number of benzene rings is 3. The molecule has 0 saturated carbocycles. The number of ether oxygens (including phenoxy) is 2. The predicted octanol–water partition coefficient (Wildman–Crippen LogP) is 4.92. The third kappa shape index (κ3) is 3.87. The van der Waals surface area contributed by atoms with Crippen molar-refractivity contribution in [1.29, 1.82) is 0 Å². The number of hydrogen-bond donors (Lipinski definition) is 1. The van der Waals surface area contributed by atoms with Crippen LogP contribution in [0, 0.1) is 18.6 Å². The number of nitrogens with zero attached hydrogens (tertiary/aromatic N) is 1. The fourth-order valence-corrected chi connectivity index (χ4v) is 4.06. The quantitative estimate of drug-likeness (QED) is 0.329. The molecule has 3 aromatic carbocycles. The van der Waals surface area contributed by atoms with E-state index in [-0.39, 0.29) is 22.6 Å². The highest BCUT2D eigenvalue weighted by molar-refractivity contribution is 6.51. The minimum atomic E-state index is -1.17. The molecule has 1 fully saturated rings. The van der Waals surface area contributed by atoms with Crippen LogP contribution in [0.5, 0.6) is 11.5 Å². The van der Waals surface area contributed by atoms with Crippen molar-refractivity contribution in [1.82, 2.24) is 0 Å². The van der Waals surface area contributed by atoms with Crippen LogP contribution in [0.2, 0.25) is 0 Å². The molecule has 1 N–H and O–H groups in total. The molecule has 0 aromatic heterocycles. The average Bonchev–Trinajstić information content (AvgIpc) is 3.08. The summed E-state index contributed by atoms with van der Waals surface area (Å²) in [5, 5.41) is 11.3. The molecule has 1 aliphatic heterocycles. The average molecular weight is 465 g/mol. The molecule has 0 radical (unpaired) electrons. The fourth-order valence-electron chi connectivity index (χ4n) is 4.06. The molecule has 1 heterocycles. The molecular formula is C26H21F2NO5. The normalized spacial score (nSPS) is 17.2. The Hall–Kier alpha value is -4.20. The van der Waals surface area contributed by atoms with Crippen molar-refractivity contribution in [3.05, 3.63) is 94.6 Å². The van der Waals surface area contributed by atoms with Crippen molar-refractivity contribution >= 4 is 23.1 Å². The standard InChI is InChI=1S/C26H21F2NO5/c1-14-5-4-6-15(11-14)23-22(24(30)18-13-17(33-2)8-10-21(18)34-3)25(31)26(32)29(23)20-9-7-16(27)12-19(20)28/h4-13,23,30H,1-3H3/b24-22+. The third-order valence-corrected chi connectivity index (χ3v) is 5.63. The first-order valence-electron chi connectivity index (χ1n) is 10.3. The molecule has 4 rings (SSSR count). The van der Waals surface area contributed by atoms with E-state index in [1.165, 1.54) is 20.3 Å². The van der Waals surface area contributed by atoms with Crippen molar-refractivity contribution in [2.24, 2.45) is 0 Å². The minimum absolute atomic E-state index is 0.122. The number of anilines is 1. The van der Waals surface area contributed by atoms with Crippen LogP contribution in [-0.2, 0) is 9.59 Å². The van der Waals surface area contributed by atoms with Gasteiger partial charge in [-0.25, -0.2) is 8.78 Å². The molecule has 0 bridgehead atoms. The van der Waals surface area contributed by atoms with E-state index in [9.17, 15) is 23.5 Å². The molecule has 1 saturated heterocycles. The molecule has 34 heavy (non-hydrogen) atoms. The summed E-state index contributed by atoms with van der Waals surface area (Å²) in [6.45, 7) is 1.82. The van der Waals surface area contributed by atoms with Gasteiger partial charge in [-0.1, -0.05) is 29.8 Å². The Labute approximate surface area is 194 Å². The molecular weight excluding hydrogens is 444 g/mol. The van der Waals surface area contributed by atoms with Gasteiger partial charge >= 0.3 is 0 Å². The Balaban J connectivity index is 2.01. The van der Waals surface area contributed by atoms with Gasteiger partial charge in [-0.2, -0.15) is 0 Å². The van der Waals surface area contributed by atoms with E-state index in [0.717, 1.165) is 22.6 Å². The summed E-state index contributed by atoms with van der Waals surface area (Å²) in [5.41, 5.74) is 0.864. The number of aryl methyl sites for hydroxylation is 1. The molecule has 1 atom stereocenters. The smallest absolute Gasteiger partial charge is 0.300 e. The van der Waals surface area contributed by atoms with Gasteiger partial charge in [-0.05, 0) is 42.8 Å². The monoisotopic (exact) mass is 465 g/mol. The van der Waals surface area contributed by atoms with Crippen molar-refractivity contribution < 1.29 is 33.0 Å². The van der Waals surface area contributed by atoms with Crippen LogP contribution in [0.4, 0.5) is 14.5 Å². The van der Waals surface area contributed by atoms with Crippen LogP contribution in [0.25, 0.3) is 5.76 Å². The first-order chi connectivity index (χ1) is 16.3. The van der Waals surface area contributed by atoms with Crippen LogP contribution in [0.15, 0.2) is 66.2 Å². The second-order valence-corrected chi connectivity index (χ2v) is 7.75. The van der Waals surface area contributed by atoms with Gasteiger partial charge < -0.3 is 14.6 Å². The lowest BCUT2D eigenvalue weighted by Crippen LogP contribution is -2.30. The molecule has 1 unspecified atom stereocenters. The zero-order valence-electron chi connectivity index (χ0n) is 18.6. The van der Waals surface area contributed by atoms with Crippen molar-refractivity contribution in [3.63, 3.8) is 0 Å². The highest BCUT2D eigenvalue weighted by Crippen LogP contribution is 2.44.